The van der Waals surface area contributed by atoms with Crippen LogP contribution in [0.1, 0.15) is 0 Å². The smallest absolute Gasteiger partial charge is 0.0540 e. The zero-order chi connectivity index (χ0) is 31.4. The topological polar surface area (TPSA) is 3.24 Å². The van der Waals surface area contributed by atoms with Gasteiger partial charge in [0.25, 0.3) is 0 Å². The van der Waals surface area contributed by atoms with Gasteiger partial charge in [0.05, 0.1) is 5.69 Å². The molecule has 0 fully saturated rings. The molecule has 0 atom stereocenters. The van der Waals surface area contributed by atoms with E-state index in [1.165, 1.54) is 55.3 Å². The van der Waals surface area contributed by atoms with Crippen LogP contribution >= 0.6 is 0 Å². The third kappa shape index (κ3) is 5.83. The van der Waals surface area contributed by atoms with Crippen molar-refractivity contribution >= 4 is 27.8 Å². The van der Waals surface area contributed by atoms with Crippen molar-refractivity contribution in [2.24, 2.45) is 0 Å². The minimum Gasteiger partial charge on any atom is -0.310 e. The Labute approximate surface area is 276 Å². The molecular formula is C46H33N. The molecule has 1 heteroatoms. The molecule has 0 aliphatic rings. The van der Waals surface area contributed by atoms with Crippen LogP contribution in [0.2, 0.25) is 0 Å². The van der Waals surface area contributed by atoms with Crippen LogP contribution in [0.25, 0.3) is 55.3 Å². The monoisotopic (exact) mass is 599 g/mol. The highest BCUT2D eigenvalue weighted by Crippen LogP contribution is 2.41. The Morgan fingerprint density at radius 2 is 0.723 bits per heavy atom. The van der Waals surface area contributed by atoms with Gasteiger partial charge in [0.2, 0.25) is 0 Å². The van der Waals surface area contributed by atoms with Crippen LogP contribution in [0.3, 0.4) is 0 Å². The summed E-state index contributed by atoms with van der Waals surface area (Å²) >= 11 is 0. The van der Waals surface area contributed by atoms with Crippen LogP contribution in [-0.4, -0.2) is 0 Å². The summed E-state index contributed by atoms with van der Waals surface area (Å²) in [6.45, 7) is 0. The van der Waals surface area contributed by atoms with Crippen molar-refractivity contribution in [2.45, 2.75) is 0 Å². The fourth-order valence-electron chi connectivity index (χ4n) is 6.44. The molecule has 0 amide bonds. The van der Waals surface area contributed by atoms with Crippen molar-refractivity contribution in [1.82, 2.24) is 0 Å². The molecule has 1 nitrogen and oxygen atoms in total. The van der Waals surface area contributed by atoms with Crippen LogP contribution in [0.4, 0.5) is 17.1 Å². The lowest BCUT2D eigenvalue weighted by atomic mass is 9.97. The molecule has 0 saturated carbocycles. The molecule has 0 saturated heterocycles. The maximum Gasteiger partial charge on any atom is 0.0540 e. The highest BCUT2D eigenvalue weighted by atomic mass is 15.1. The molecule has 0 N–H and O–H groups in total. The van der Waals surface area contributed by atoms with Gasteiger partial charge in [0.1, 0.15) is 0 Å². The second-order valence-electron chi connectivity index (χ2n) is 11.8. The van der Waals surface area contributed by atoms with E-state index in [1.807, 2.05) is 0 Å². The van der Waals surface area contributed by atoms with Gasteiger partial charge in [0, 0.05) is 16.9 Å². The summed E-state index contributed by atoms with van der Waals surface area (Å²) in [5.41, 5.74) is 13.0. The van der Waals surface area contributed by atoms with Gasteiger partial charge in [0.15, 0.2) is 0 Å². The van der Waals surface area contributed by atoms with Gasteiger partial charge in [-0.2, -0.15) is 0 Å². The Hall–Kier alpha value is -6.18. The SMILES string of the molecule is c1ccc(-c2ccc(-c3ccccc3N(c3ccccc3)c3ccc(-c4cccc(-c5ccc6ccccc6c5)c4)cc3)cc2)cc1. The largest absolute Gasteiger partial charge is 0.310 e. The summed E-state index contributed by atoms with van der Waals surface area (Å²) in [6.07, 6.45) is 0. The number of hydrogen-bond acceptors (Lipinski definition) is 1. The molecule has 0 aliphatic carbocycles. The van der Waals surface area contributed by atoms with Crippen LogP contribution in [0.15, 0.2) is 200 Å². The number of hydrogen-bond donors (Lipinski definition) is 0. The Morgan fingerprint density at radius 1 is 0.255 bits per heavy atom. The first-order valence-corrected chi connectivity index (χ1v) is 16.1. The van der Waals surface area contributed by atoms with Gasteiger partial charge in [-0.3, -0.25) is 0 Å². The number of rotatable bonds is 7. The van der Waals surface area contributed by atoms with Crippen molar-refractivity contribution in [3.05, 3.63) is 200 Å². The Morgan fingerprint density at radius 3 is 1.49 bits per heavy atom. The molecule has 222 valence electrons. The molecule has 0 radical (unpaired) electrons. The van der Waals surface area contributed by atoms with Crippen LogP contribution in [-0.2, 0) is 0 Å². The lowest BCUT2D eigenvalue weighted by Crippen LogP contribution is -2.11. The predicted octanol–water partition coefficient (Wildman–Crippen LogP) is 13.0. The van der Waals surface area contributed by atoms with E-state index in [0.29, 0.717) is 0 Å². The van der Waals surface area contributed by atoms with E-state index >= 15 is 0 Å². The van der Waals surface area contributed by atoms with Gasteiger partial charge >= 0.3 is 0 Å². The molecule has 8 aromatic carbocycles. The summed E-state index contributed by atoms with van der Waals surface area (Å²) < 4.78 is 0. The number of nitrogens with zero attached hydrogens (tertiary/aromatic N) is 1. The third-order valence-electron chi connectivity index (χ3n) is 8.87. The lowest BCUT2D eigenvalue weighted by molar-refractivity contribution is 1.28. The molecule has 47 heavy (non-hydrogen) atoms. The van der Waals surface area contributed by atoms with Gasteiger partial charge in [-0.15, -0.1) is 0 Å². The minimum atomic E-state index is 1.11. The summed E-state index contributed by atoms with van der Waals surface area (Å²) in [5.74, 6) is 0. The molecule has 0 spiro atoms. The number of benzene rings is 8. The zero-order valence-electron chi connectivity index (χ0n) is 26.0. The Kier molecular flexibility index (Phi) is 7.63. The minimum absolute atomic E-state index is 1.11. The van der Waals surface area contributed by atoms with Crippen LogP contribution < -0.4 is 4.90 Å². The number of fused-ring (bicyclic) bond motifs is 1. The predicted molar refractivity (Wildman–Crippen MR) is 200 cm³/mol. The van der Waals surface area contributed by atoms with Gasteiger partial charge in [-0.05, 0) is 92.2 Å². The highest BCUT2D eigenvalue weighted by molar-refractivity contribution is 5.90. The van der Waals surface area contributed by atoms with Gasteiger partial charge in [-0.25, -0.2) is 0 Å². The first-order chi connectivity index (χ1) is 23.3. The number of anilines is 3. The molecular weight excluding hydrogens is 567 g/mol. The standard InChI is InChI=1S/C46H33N/c1-3-12-34(13-4-1)36-22-25-38(26-23-36)45-20-9-10-21-46(45)47(43-18-5-2-6-19-43)44-30-28-37(29-31-44)40-16-11-17-41(32-40)42-27-24-35-14-7-8-15-39(35)33-42/h1-33H. The molecule has 0 heterocycles. The van der Waals surface area contributed by atoms with E-state index in [1.54, 1.807) is 0 Å². The van der Waals surface area contributed by atoms with E-state index in [-0.39, 0.29) is 0 Å². The lowest BCUT2D eigenvalue weighted by Gasteiger charge is -2.28. The summed E-state index contributed by atoms with van der Waals surface area (Å²) in [7, 11) is 0. The fourth-order valence-corrected chi connectivity index (χ4v) is 6.44. The van der Waals surface area contributed by atoms with Gasteiger partial charge < -0.3 is 4.90 Å². The third-order valence-corrected chi connectivity index (χ3v) is 8.87. The second kappa shape index (κ2) is 12.7. The van der Waals surface area contributed by atoms with Crippen molar-refractivity contribution in [1.29, 1.82) is 0 Å². The molecule has 0 unspecified atom stereocenters. The fraction of sp³-hybridized carbons (Fsp3) is 0. The van der Waals surface area contributed by atoms with Crippen molar-refractivity contribution in [3.63, 3.8) is 0 Å². The van der Waals surface area contributed by atoms with E-state index in [4.69, 9.17) is 0 Å². The average molecular weight is 600 g/mol. The maximum absolute atomic E-state index is 2.36. The summed E-state index contributed by atoms with van der Waals surface area (Å²) in [4.78, 5) is 2.36. The van der Waals surface area contributed by atoms with Crippen molar-refractivity contribution < 1.29 is 0 Å². The van der Waals surface area contributed by atoms with Gasteiger partial charge in [-0.1, -0.05) is 158 Å². The zero-order valence-corrected chi connectivity index (χ0v) is 26.0. The summed E-state index contributed by atoms with van der Waals surface area (Å²) in [6, 6.07) is 71.8. The number of para-hydroxylation sites is 2. The van der Waals surface area contributed by atoms with Crippen LogP contribution in [0, 0.1) is 0 Å². The summed E-state index contributed by atoms with van der Waals surface area (Å²) in [5, 5.41) is 2.52. The molecule has 0 aliphatic heterocycles. The average Bonchev–Trinajstić information content (AvgIpc) is 3.16. The molecule has 0 bridgehead atoms. The molecule has 8 aromatic rings. The van der Waals surface area contributed by atoms with E-state index in [0.717, 1.165) is 17.1 Å². The Balaban J connectivity index is 1.15. The van der Waals surface area contributed by atoms with Crippen LogP contribution in [0.5, 0.6) is 0 Å². The molecule has 0 aromatic heterocycles. The first kappa shape index (κ1) is 28.3. The Bertz CT molecular complexity index is 2270. The molecule has 8 rings (SSSR count). The van der Waals surface area contributed by atoms with Crippen molar-refractivity contribution in [2.75, 3.05) is 4.90 Å². The van der Waals surface area contributed by atoms with E-state index in [9.17, 15) is 0 Å². The van der Waals surface area contributed by atoms with Crippen molar-refractivity contribution in [3.8, 4) is 44.5 Å². The second-order valence-corrected chi connectivity index (χ2v) is 11.8. The quantitative estimate of drug-likeness (QED) is 0.176. The first-order valence-electron chi connectivity index (χ1n) is 16.1. The van der Waals surface area contributed by atoms with E-state index in [2.05, 4.69) is 205 Å². The maximum atomic E-state index is 2.36. The highest BCUT2D eigenvalue weighted by Gasteiger charge is 2.17. The van der Waals surface area contributed by atoms with E-state index < -0.39 is 0 Å². The normalized spacial score (nSPS) is 11.0.